The van der Waals surface area contributed by atoms with E-state index >= 15 is 0 Å². The minimum absolute atomic E-state index is 0. The van der Waals surface area contributed by atoms with E-state index in [0.717, 1.165) is 57.8 Å². The van der Waals surface area contributed by atoms with Crippen molar-refractivity contribution in [1.82, 2.24) is 9.80 Å². The maximum Gasteiger partial charge on any atom is 0.191 e. The second-order valence-corrected chi connectivity index (χ2v) is 7.32. The maximum absolute atomic E-state index is 6.25. The van der Waals surface area contributed by atoms with Crippen molar-refractivity contribution < 1.29 is 4.74 Å². The molecule has 0 spiro atoms. The van der Waals surface area contributed by atoms with Crippen molar-refractivity contribution in [2.45, 2.75) is 46.1 Å². The molecule has 2 rings (SSSR count). The van der Waals surface area contributed by atoms with Gasteiger partial charge in [-0.25, -0.2) is 0 Å². The van der Waals surface area contributed by atoms with E-state index in [4.69, 9.17) is 15.5 Å². The Balaban J connectivity index is 0.00000264. The summed E-state index contributed by atoms with van der Waals surface area (Å²) in [5, 5.41) is 0. The second kappa shape index (κ2) is 10.7. The van der Waals surface area contributed by atoms with Gasteiger partial charge >= 0.3 is 0 Å². The number of hydrogen-bond donors (Lipinski definition) is 1. The summed E-state index contributed by atoms with van der Waals surface area (Å²) >= 11 is 0. The average molecular weight is 438 g/mol. The molecule has 5 nitrogen and oxygen atoms in total. The molecule has 0 aromatic heterocycles. The molecule has 2 aliphatic heterocycles. The van der Waals surface area contributed by atoms with Crippen LogP contribution in [0.25, 0.3) is 0 Å². The maximum atomic E-state index is 6.25. The van der Waals surface area contributed by atoms with Crippen molar-refractivity contribution in [2.24, 2.45) is 22.6 Å². The van der Waals surface area contributed by atoms with Gasteiger partial charge in [0.15, 0.2) is 5.96 Å². The number of ether oxygens (including phenoxy) is 1. The van der Waals surface area contributed by atoms with Crippen molar-refractivity contribution in [2.75, 3.05) is 45.9 Å². The monoisotopic (exact) mass is 438 g/mol. The number of piperidine rings is 1. The summed E-state index contributed by atoms with van der Waals surface area (Å²) in [7, 11) is 0. The van der Waals surface area contributed by atoms with E-state index in [1.165, 1.54) is 19.3 Å². The van der Waals surface area contributed by atoms with Gasteiger partial charge in [-0.3, -0.25) is 9.89 Å². The SMILES string of the molecule is CC(C)CC(CN=C(N)N1CCCC(C)C1)N1CCOCC1.I. The van der Waals surface area contributed by atoms with Gasteiger partial charge in [-0.15, -0.1) is 24.0 Å². The van der Waals surface area contributed by atoms with Crippen molar-refractivity contribution in [1.29, 1.82) is 0 Å². The molecule has 23 heavy (non-hydrogen) atoms. The molecular weight excluding hydrogens is 403 g/mol. The zero-order chi connectivity index (χ0) is 15.9. The fourth-order valence-electron chi connectivity index (χ4n) is 3.52. The number of hydrogen-bond acceptors (Lipinski definition) is 3. The molecule has 0 bridgehead atoms. The summed E-state index contributed by atoms with van der Waals surface area (Å²) in [5.41, 5.74) is 6.25. The van der Waals surface area contributed by atoms with Gasteiger partial charge < -0.3 is 15.4 Å². The van der Waals surface area contributed by atoms with Gasteiger partial charge in [-0.05, 0) is 31.1 Å². The quantitative estimate of drug-likeness (QED) is 0.407. The summed E-state index contributed by atoms with van der Waals surface area (Å²) in [6.45, 7) is 13.5. The van der Waals surface area contributed by atoms with E-state index in [0.29, 0.717) is 12.0 Å². The summed E-state index contributed by atoms with van der Waals surface area (Å²) in [5.74, 6) is 2.15. The average Bonchev–Trinajstić information content (AvgIpc) is 2.51. The Labute approximate surface area is 159 Å². The Morgan fingerprint density at radius 3 is 2.57 bits per heavy atom. The number of nitrogens with two attached hydrogens (primary N) is 1. The smallest absolute Gasteiger partial charge is 0.191 e. The number of aliphatic imine (C=N–C) groups is 1. The van der Waals surface area contributed by atoms with Crippen LogP contribution >= 0.6 is 24.0 Å². The first-order valence-electron chi connectivity index (χ1n) is 8.93. The highest BCUT2D eigenvalue weighted by molar-refractivity contribution is 14.0. The summed E-state index contributed by atoms with van der Waals surface area (Å²) in [4.78, 5) is 9.54. The zero-order valence-corrected chi connectivity index (χ0v) is 17.4. The molecule has 0 aliphatic carbocycles. The van der Waals surface area contributed by atoms with Crippen LogP contribution in [0, 0.1) is 11.8 Å². The molecule has 2 unspecified atom stereocenters. The van der Waals surface area contributed by atoms with Crippen LogP contribution in [0.15, 0.2) is 4.99 Å². The Bertz CT molecular complexity index is 359. The topological polar surface area (TPSA) is 54.1 Å². The molecular formula is C17H35IN4O. The Kier molecular flexibility index (Phi) is 9.77. The first kappa shape index (κ1) is 21.0. The first-order chi connectivity index (χ1) is 10.6. The minimum Gasteiger partial charge on any atom is -0.379 e. The molecule has 2 saturated heterocycles. The van der Waals surface area contributed by atoms with Crippen LogP contribution in [0.4, 0.5) is 0 Å². The fourth-order valence-corrected chi connectivity index (χ4v) is 3.52. The number of likely N-dealkylation sites (tertiary alicyclic amines) is 1. The van der Waals surface area contributed by atoms with Crippen molar-refractivity contribution in [3.8, 4) is 0 Å². The third-order valence-electron chi connectivity index (χ3n) is 4.75. The summed E-state index contributed by atoms with van der Waals surface area (Å²) < 4.78 is 5.48. The number of nitrogens with zero attached hydrogens (tertiary/aromatic N) is 3. The molecule has 0 saturated carbocycles. The minimum atomic E-state index is 0. The Morgan fingerprint density at radius 1 is 1.26 bits per heavy atom. The van der Waals surface area contributed by atoms with E-state index in [-0.39, 0.29) is 24.0 Å². The van der Waals surface area contributed by atoms with Gasteiger partial charge in [0.2, 0.25) is 0 Å². The van der Waals surface area contributed by atoms with Crippen LogP contribution in [-0.2, 0) is 4.74 Å². The van der Waals surface area contributed by atoms with Crippen molar-refractivity contribution >= 4 is 29.9 Å². The van der Waals surface area contributed by atoms with Gasteiger partial charge in [0.1, 0.15) is 0 Å². The Morgan fingerprint density at radius 2 is 1.96 bits per heavy atom. The van der Waals surface area contributed by atoms with Crippen molar-refractivity contribution in [3.63, 3.8) is 0 Å². The van der Waals surface area contributed by atoms with Crippen LogP contribution in [0.1, 0.15) is 40.0 Å². The third kappa shape index (κ3) is 7.13. The highest BCUT2D eigenvalue weighted by Crippen LogP contribution is 2.16. The van der Waals surface area contributed by atoms with Crippen LogP contribution in [0.3, 0.4) is 0 Å². The molecule has 2 aliphatic rings. The number of rotatable bonds is 5. The Hall–Kier alpha value is -0.0800. The first-order valence-corrected chi connectivity index (χ1v) is 8.93. The lowest BCUT2D eigenvalue weighted by Crippen LogP contribution is -2.47. The zero-order valence-electron chi connectivity index (χ0n) is 15.0. The molecule has 6 heteroatoms. The van der Waals surface area contributed by atoms with Crippen molar-refractivity contribution in [3.05, 3.63) is 0 Å². The van der Waals surface area contributed by atoms with E-state index in [9.17, 15) is 0 Å². The number of guanidine groups is 1. The standard InChI is InChI=1S/C17H34N4O.HI/c1-14(2)11-16(20-7-9-22-10-8-20)12-19-17(18)21-6-4-5-15(3)13-21;/h14-16H,4-13H2,1-3H3,(H2,18,19);1H. The van der Waals surface area contributed by atoms with Gasteiger partial charge in [0.05, 0.1) is 19.8 Å². The predicted molar refractivity (Wildman–Crippen MR) is 108 cm³/mol. The van der Waals surface area contributed by atoms with E-state index in [2.05, 4.69) is 30.6 Å². The number of halogens is 1. The molecule has 0 aromatic carbocycles. The van der Waals surface area contributed by atoms with Crippen LogP contribution in [0.5, 0.6) is 0 Å². The predicted octanol–water partition coefficient (Wildman–Crippen LogP) is 2.40. The molecule has 2 fully saturated rings. The van der Waals surface area contributed by atoms with Crippen LogP contribution < -0.4 is 5.73 Å². The summed E-state index contributed by atoms with van der Waals surface area (Å²) in [6.07, 6.45) is 3.72. The van der Waals surface area contributed by atoms with Gasteiger partial charge in [-0.2, -0.15) is 0 Å². The molecule has 2 N–H and O–H groups in total. The van der Waals surface area contributed by atoms with E-state index < -0.39 is 0 Å². The molecule has 0 amide bonds. The normalized spacial score (nSPS) is 25.3. The largest absolute Gasteiger partial charge is 0.379 e. The second-order valence-electron chi connectivity index (χ2n) is 7.32. The molecule has 2 heterocycles. The molecule has 0 radical (unpaired) electrons. The molecule has 136 valence electrons. The third-order valence-corrected chi connectivity index (χ3v) is 4.75. The number of morpholine rings is 1. The van der Waals surface area contributed by atoms with Gasteiger partial charge in [0, 0.05) is 32.2 Å². The molecule has 0 aromatic rings. The van der Waals surface area contributed by atoms with Crippen LogP contribution in [-0.4, -0.2) is 67.7 Å². The summed E-state index contributed by atoms with van der Waals surface area (Å²) in [6, 6.07) is 0.490. The molecule has 2 atom stereocenters. The van der Waals surface area contributed by atoms with Gasteiger partial charge in [-0.1, -0.05) is 20.8 Å². The highest BCUT2D eigenvalue weighted by Gasteiger charge is 2.23. The lowest BCUT2D eigenvalue weighted by Gasteiger charge is -2.35. The highest BCUT2D eigenvalue weighted by atomic mass is 127. The fraction of sp³-hybridized carbons (Fsp3) is 0.941. The van der Waals surface area contributed by atoms with Crippen LogP contribution in [0.2, 0.25) is 0 Å². The van der Waals surface area contributed by atoms with E-state index in [1.54, 1.807) is 0 Å². The van der Waals surface area contributed by atoms with E-state index in [1.807, 2.05) is 0 Å². The lowest BCUT2D eigenvalue weighted by atomic mass is 10.0. The van der Waals surface area contributed by atoms with Gasteiger partial charge in [0.25, 0.3) is 0 Å². The lowest BCUT2D eigenvalue weighted by molar-refractivity contribution is 0.0142.